The molecule has 1 fully saturated rings. The van der Waals surface area contributed by atoms with Crippen LogP contribution in [0.25, 0.3) is 11.3 Å². The van der Waals surface area contributed by atoms with Gasteiger partial charge in [0, 0.05) is 29.1 Å². The monoisotopic (exact) mass is 521 g/mol. The third-order valence-corrected chi connectivity index (χ3v) is 8.51. The first kappa shape index (κ1) is 24.6. The van der Waals surface area contributed by atoms with Gasteiger partial charge in [0.25, 0.3) is 0 Å². The van der Waals surface area contributed by atoms with Gasteiger partial charge in [0.15, 0.2) is 5.13 Å². The van der Waals surface area contributed by atoms with Crippen LogP contribution < -0.4 is 10.2 Å². The number of fused-ring (bicyclic) bond motifs is 1. The van der Waals surface area contributed by atoms with Gasteiger partial charge in [-0.2, -0.15) is 0 Å². The van der Waals surface area contributed by atoms with Gasteiger partial charge in [-0.25, -0.2) is 4.98 Å². The Hall–Kier alpha value is -3.77. The van der Waals surface area contributed by atoms with Crippen LogP contribution in [-0.2, 0) is 16.0 Å². The van der Waals surface area contributed by atoms with Crippen molar-refractivity contribution in [2.75, 3.05) is 16.8 Å². The molecule has 1 aromatic heterocycles. The summed E-state index contributed by atoms with van der Waals surface area (Å²) in [7, 11) is 0. The minimum Gasteiger partial charge on any atom is -0.312 e. The van der Waals surface area contributed by atoms with E-state index in [4.69, 9.17) is 4.98 Å². The van der Waals surface area contributed by atoms with Crippen molar-refractivity contribution in [2.45, 2.75) is 44.4 Å². The lowest BCUT2D eigenvalue weighted by atomic mass is 9.88. The molecule has 6 heteroatoms. The van der Waals surface area contributed by atoms with Gasteiger partial charge in [-0.05, 0) is 48.1 Å². The molecule has 6 rings (SSSR count). The fourth-order valence-corrected chi connectivity index (χ4v) is 6.51. The van der Waals surface area contributed by atoms with Gasteiger partial charge in [0.2, 0.25) is 11.8 Å². The van der Waals surface area contributed by atoms with Gasteiger partial charge in [-0.3, -0.25) is 9.59 Å². The summed E-state index contributed by atoms with van der Waals surface area (Å²) in [6.07, 6.45) is 6.48. The number of aromatic nitrogens is 1. The Kier molecular flexibility index (Phi) is 7.06. The molecule has 1 aliphatic carbocycles. The van der Waals surface area contributed by atoms with Gasteiger partial charge < -0.3 is 10.2 Å². The zero-order chi connectivity index (χ0) is 25.9. The van der Waals surface area contributed by atoms with Crippen molar-refractivity contribution in [3.63, 3.8) is 0 Å². The van der Waals surface area contributed by atoms with Crippen LogP contribution in [0, 0.1) is 5.92 Å². The summed E-state index contributed by atoms with van der Waals surface area (Å²) >= 11 is 1.43. The van der Waals surface area contributed by atoms with Crippen LogP contribution in [0.1, 0.15) is 54.7 Å². The molecule has 0 radical (unpaired) electrons. The molecule has 0 unspecified atom stereocenters. The van der Waals surface area contributed by atoms with E-state index in [1.807, 2.05) is 77.0 Å². The Labute approximate surface area is 227 Å². The maximum absolute atomic E-state index is 13.5. The smallest absolute Gasteiger partial charge is 0.238 e. The van der Waals surface area contributed by atoms with Crippen molar-refractivity contribution in [2.24, 2.45) is 5.92 Å². The molecule has 1 saturated carbocycles. The molecule has 0 bridgehead atoms. The number of carbonyl (C=O) groups is 2. The number of anilines is 2. The zero-order valence-electron chi connectivity index (χ0n) is 21.3. The van der Waals surface area contributed by atoms with Gasteiger partial charge in [-0.1, -0.05) is 86.0 Å². The number of benzene rings is 3. The van der Waals surface area contributed by atoms with Crippen LogP contribution in [0.4, 0.5) is 10.8 Å². The molecule has 38 heavy (non-hydrogen) atoms. The highest BCUT2D eigenvalue weighted by molar-refractivity contribution is 7.14. The standard InChI is InChI=1S/C32H31N3O2S/c36-30(29(22-10-4-1-5-11-22)23-12-6-2-7-13-23)34-32-33-27(21-38-32)25-16-17-28-26(20-25)18-19-35(28)31(37)24-14-8-3-9-15-24/h1-2,4-7,10-13,16-17,20-21,24,29H,3,8-9,14-15,18-19H2,(H,33,34,36). The normalized spacial score (nSPS) is 15.4. The summed E-state index contributed by atoms with van der Waals surface area (Å²) in [5, 5.41) is 5.62. The van der Waals surface area contributed by atoms with Gasteiger partial charge in [-0.15, -0.1) is 11.3 Å². The summed E-state index contributed by atoms with van der Waals surface area (Å²) in [5.74, 6) is -0.0533. The van der Waals surface area contributed by atoms with Crippen molar-refractivity contribution in [3.05, 3.63) is 101 Å². The number of hydrogen-bond acceptors (Lipinski definition) is 4. The predicted octanol–water partition coefficient (Wildman–Crippen LogP) is 7.05. The first-order valence-corrected chi connectivity index (χ1v) is 14.4. The molecular formula is C32H31N3O2S. The third kappa shape index (κ3) is 5.01. The summed E-state index contributed by atoms with van der Waals surface area (Å²) in [6.45, 7) is 0.757. The number of rotatable bonds is 6. The zero-order valence-corrected chi connectivity index (χ0v) is 22.1. The fourth-order valence-electron chi connectivity index (χ4n) is 5.79. The third-order valence-electron chi connectivity index (χ3n) is 7.75. The quantitative estimate of drug-likeness (QED) is 0.296. The number of nitrogens with one attached hydrogen (secondary N) is 1. The lowest BCUT2D eigenvalue weighted by Gasteiger charge is -2.26. The Morgan fingerprint density at radius 3 is 2.26 bits per heavy atom. The molecule has 2 heterocycles. The van der Waals surface area contributed by atoms with Gasteiger partial charge in [0.05, 0.1) is 11.6 Å². The molecule has 3 aromatic carbocycles. The first-order chi connectivity index (χ1) is 18.7. The Morgan fingerprint density at radius 2 is 1.58 bits per heavy atom. The molecule has 5 nitrogen and oxygen atoms in total. The lowest BCUT2D eigenvalue weighted by Crippen LogP contribution is -2.35. The molecular weight excluding hydrogens is 490 g/mol. The van der Waals surface area contributed by atoms with Crippen LogP contribution in [0.15, 0.2) is 84.2 Å². The number of thiazole rings is 1. The second-order valence-corrected chi connectivity index (χ2v) is 11.1. The van der Waals surface area contributed by atoms with E-state index in [-0.39, 0.29) is 11.8 Å². The van der Waals surface area contributed by atoms with E-state index >= 15 is 0 Å². The van der Waals surface area contributed by atoms with E-state index in [0.717, 1.165) is 66.7 Å². The average molecular weight is 522 g/mol. The molecule has 0 spiro atoms. The largest absolute Gasteiger partial charge is 0.312 e. The number of carbonyl (C=O) groups excluding carboxylic acids is 2. The van der Waals surface area contributed by atoms with Crippen LogP contribution in [0.3, 0.4) is 0 Å². The SMILES string of the molecule is O=C(Nc1nc(-c2ccc3c(c2)CCN3C(=O)C2CCCCC2)cs1)C(c1ccccc1)c1ccccc1. The van der Waals surface area contributed by atoms with E-state index in [1.54, 1.807) is 0 Å². The topological polar surface area (TPSA) is 62.3 Å². The maximum Gasteiger partial charge on any atom is 0.238 e. The van der Waals surface area contributed by atoms with Crippen LogP contribution in [0.5, 0.6) is 0 Å². The van der Waals surface area contributed by atoms with Crippen molar-refractivity contribution in [3.8, 4) is 11.3 Å². The summed E-state index contributed by atoms with van der Waals surface area (Å²) in [4.78, 5) is 33.4. The van der Waals surface area contributed by atoms with Crippen LogP contribution in [-0.4, -0.2) is 23.3 Å². The summed E-state index contributed by atoms with van der Waals surface area (Å²) in [5.41, 5.74) is 5.97. The van der Waals surface area contributed by atoms with Crippen molar-refractivity contribution >= 4 is 34.0 Å². The van der Waals surface area contributed by atoms with Gasteiger partial charge >= 0.3 is 0 Å². The summed E-state index contributed by atoms with van der Waals surface area (Å²) < 4.78 is 0. The average Bonchev–Trinajstić information content (AvgIpc) is 3.61. The van der Waals surface area contributed by atoms with Crippen molar-refractivity contribution in [1.82, 2.24) is 4.98 Å². The van der Waals surface area contributed by atoms with Gasteiger partial charge in [0.1, 0.15) is 0 Å². The Balaban J connectivity index is 1.19. The molecule has 2 aliphatic rings. The molecule has 4 aromatic rings. The second kappa shape index (κ2) is 10.9. The Morgan fingerprint density at radius 1 is 0.895 bits per heavy atom. The molecule has 1 N–H and O–H groups in total. The minimum absolute atomic E-state index is 0.103. The van der Waals surface area contributed by atoms with Crippen LogP contribution >= 0.6 is 11.3 Å². The van der Waals surface area contributed by atoms with E-state index in [0.29, 0.717) is 11.0 Å². The highest BCUT2D eigenvalue weighted by Gasteiger charge is 2.31. The van der Waals surface area contributed by atoms with E-state index in [2.05, 4.69) is 17.4 Å². The van der Waals surface area contributed by atoms with E-state index < -0.39 is 5.92 Å². The minimum atomic E-state index is -0.419. The van der Waals surface area contributed by atoms with E-state index in [1.165, 1.54) is 23.3 Å². The van der Waals surface area contributed by atoms with E-state index in [9.17, 15) is 9.59 Å². The lowest BCUT2D eigenvalue weighted by molar-refractivity contribution is -0.123. The molecule has 192 valence electrons. The number of nitrogens with zero attached hydrogens (tertiary/aromatic N) is 2. The highest BCUT2D eigenvalue weighted by atomic mass is 32.1. The predicted molar refractivity (Wildman–Crippen MR) is 154 cm³/mol. The molecule has 0 atom stereocenters. The fraction of sp³-hybridized carbons (Fsp3) is 0.281. The molecule has 0 saturated heterocycles. The maximum atomic E-state index is 13.5. The second-order valence-electron chi connectivity index (χ2n) is 10.2. The summed E-state index contributed by atoms with van der Waals surface area (Å²) in [6, 6.07) is 25.9. The highest BCUT2D eigenvalue weighted by Crippen LogP contribution is 2.36. The first-order valence-electron chi connectivity index (χ1n) is 13.5. The van der Waals surface area contributed by atoms with Crippen LogP contribution in [0.2, 0.25) is 0 Å². The van der Waals surface area contributed by atoms with Crippen molar-refractivity contribution < 1.29 is 9.59 Å². The molecule has 1 aliphatic heterocycles. The van der Waals surface area contributed by atoms with Crippen molar-refractivity contribution in [1.29, 1.82) is 0 Å². The molecule has 2 amide bonds. The number of hydrogen-bond donors (Lipinski definition) is 1. The number of amides is 2. The Bertz CT molecular complexity index is 1390.